The van der Waals surface area contributed by atoms with E-state index in [0.717, 1.165) is 36.3 Å². The summed E-state index contributed by atoms with van der Waals surface area (Å²) in [4.78, 5) is 11.8. The van der Waals surface area contributed by atoms with Gasteiger partial charge in [-0.2, -0.15) is 0 Å². The van der Waals surface area contributed by atoms with Gasteiger partial charge in [0.2, 0.25) is 0 Å². The molecule has 1 aromatic carbocycles. The van der Waals surface area contributed by atoms with Crippen LogP contribution in [0.3, 0.4) is 0 Å². The van der Waals surface area contributed by atoms with Gasteiger partial charge in [-0.15, -0.1) is 0 Å². The van der Waals surface area contributed by atoms with Crippen molar-refractivity contribution in [1.82, 2.24) is 0 Å². The zero-order chi connectivity index (χ0) is 15.2. The first kappa shape index (κ1) is 13.8. The molecule has 1 aliphatic heterocycles. The van der Waals surface area contributed by atoms with Gasteiger partial charge in [0.25, 0.3) is 0 Å². The first-order valence-electron chi connectivity index (χ1n) is 8.08. The average Bonchev–Trinajstić information content (AvgIpc) is 2.97. The molecule has 4 nitrogen and oxygen atoms in total. The van der Waals surface area contributed by atoms with Gasteiger partial charge >= 0.3 is 0 Å². The number of fused-ring (bicyclic) bond motifs is 2. The molecule has 2 N–H and O–H groups in total. The summed E-state index contributed by atoms with van der Waals surface area (Å²) in [7, 11) is 0. The lowest BCUT2D eigenvalue weighted by atomic mass is 9.66. The van der Waals surface area contributed by atoms with Crippen LogP contribution in [-0.4, -0.2) is 19.0 Å². The smallest absolute Gasteiger partial charge is 0.161 e. The third kappa shape index (κ3) is 1.97. The van der Waals surface area contributed by atoms with Crippen LogP contribution in [0.15, 0.2) is 24.3 Å². The van der Waals surface area contributed by atoms with Crippen molar-refractivity contribution in [2.75, 3.05) is 13.2 Å². The van der Waals surface area contributed by atoms with E-state index in [-0.39, 0.29) is 11.2 Å². The molecule has 116 valence electrons. The van der Waals surface area contributed by atoms with Crippen molar-refractivity contribution in [1.29, 1.82) is 0 Å². The summed E-state index contributed by atoms with van der Waals surface area (Å²) < 4.78 is 11.4. The second-order valence-electron chi connectivity index (χ2n) is 6.49. The van der Waals surface area contributed by atoms with Crippen molar-refractivity contribution >= 4 is 5.78 Å². The molecule has 0 saturated heterocycles. The molecule has 0 bridgehead atoms. The average molecular weight is 299 g/mol. The number of benzene rings is 1. The highest BCUT2D eigenvalue weighted by Crippen LogP contribution is 2.52. The minimum absolute atomic E-state index is 0.0571. The second-order valence-corrected chi connectivity index (χ2v) is 6.49. The molecule has 0 radical (unpaired) electrons. The molecular formula is C18H21NO3. The largest absolute Gasteiger partial charge is 0.486 e. The van der Waals surface area contributed by atoms with Crippen molar-refractivity contribution < 1.29 is 14.3 Å². The molecule has 1 saturated carbocycles. The van der Waals surface area contributed by atoms with Crippen LogP contribution in [0.25, 0.3) is 0 Å². The summed E-state index contributed by atoms with van der Waals surface area (Å²) >= 11 is 0. The minimum Gasteiger partial charge on any atom is -0.486 e. The Morgan fingerprint density at radius 2 is 2.00 bits per heavy atom. The maximum absolute atomic E-state index is 11.8. The summed E-state index contributed by atoms with van der Waals surface area (Å²) in [5.74, 6) is 2.23. The normalized spacial score (nSPS) is 29.5. The van der Waals surface area contributed by atoms with Gasteiger partial charge in [-0.25, -0.2) is 0 Å². The van der Waals surface area contributed by atoms with Crippen LogP contribution in [0.4, 0.5) is 0 Å². The molecule has 0 unspecified atom stereocenters. The predicted octanol–water partition coefficient (Wildman–Crippen LogP) is 2.48. The Balaban J connectivity index is 1.87. The van der Waals surface area contributed by atoms with Gasteiger partial charge in [0, 0.05) is 18.4 Å². The number of hydrogen-bond acceptors (Lipinski definition) is 4. The number of rotatable bonds is 2. The Bertz CT molecular complexity index is 652. The summed E-state index contributed by atoms with van der Waals surface area (Å²) in [6.07, 6.45) is 7.87. The topological polar surface area (TPSA) is 61.6 Å². The van der Waals surface area contributed by atoms with Crippen molar-refractivity contribution in [2.45, 2.75) is 37.6 Å². The van der Waals surface area contributed by atoms with Crippen LogP contribution < -0.4 is 15.2 Å². The van der Waals surface area contributed by atoms with Crippen LogP contribution >= 0.6 is 0 Å². The maximum Gasteiger partial charge on any atom is 0.161 e. The summed E-state index contributed by atoms with van der Waals surface area (Å²) in [6, 6.07) is 4.13. The third-order valence-electron chi connectivity index (χ3n) is 5.38. The van der Waals surface area contributed by atoms with Crippen molar-refractivity contribution in [3.05, 3.63) is 35.4 Å². The van der Waals surface area contributed by atoms with E-state index in [1.165, 1.54) is 5.56 Å². The zero-order valence-electron chi connectivity index (χ0n) is 12.6. The van der Waals surface area contributed by atoms with E-state index < -0.39 is 0 Å². The minimum atomic E-state index is -0.0571. The Labute approximate surface area is 130 Å². The maximum atomic E-state index is 11.8. The molecule has 2 aliphatic carbocycles. The van der Waals surface area contributed by atoms with Crippen LogP contribution in [0.5, 0.6) is 11.5 Å². The monoisotopic (exact) mass is 299 g/mol. The van der Waals surface area contributed by atoms with E-state index in [4.69, 9.17) is 15.2 Å². The van der Waals surface area contributed by atoms with Crippen molar-refractivity contribution in [3.63, 3.8) is 0 Å². The summed E-state index contributed by atoms with van der Waals surface area (Å²) in [6.45, 7) is 1.64. The van der Waals surface area contributed by atoms with Crippen LogP contribution in [0, 0.1) is 5.92 Å². The lowest BCUT2D eigenvalue weighted by molar-refractivity contribution is -0.116. The van der Waals surface area contributed by atoms with Gasteiger partial charge in [0.05, 0.1) is 0 Å². The molecule has 3 aliphatic rings. The molecule has 4 heteroatoms. The molecular weight excluding hydrogens is 278 g/mol. The SMILES string of the molecule is NCc1cc2c(cc1[C@@]13C=CC(=O)C[C@@H]1CCC3)OCCO2. The number of ether oxygens (including phenoxy) is 2. The van der Waals surface area contributed by atoms with Gasteiger partial charge in [-0.3, -0.25) is 4.79 Å². The van der Waals surface area contributed by atoms with Gasteiger partial charge in [0.1, 0.15) is 13.2 Å². The fourth-order valence-corrected chi connectivity index (χ4v) is 4.34. The van der Waals surface area contributed by atoms with E-state index in [1.807, 2.05) is 6.07 Å². The van der Waals surface area contributed by atoms with Crippen LogP contribution in [-0.2, 0) is 16.8 Å². The van der Waals surface area contributed by atoms with E-state index in [0.29, 0.717) is 32.1 Å². The van der Waals surface area contributed by atoms with E-state index in [9.17, 15) is 4.79 Å². The van der Waals surface area contributed by atoms with Gasteiger partial charge in [-0.05, 0) is 48.1 Å². The number of ketones is 1. The molecule has 0 spiro atoms. The lowest BCUT2D eigenvalue weighted by Crippen LogP contribution is -2.34. The molecule has 0 amide bonds. The van der Waals surface area contributed by atoms with Crippen LogP contribution in [0.2, 0.25) is 0 Å². The van der Waals surface area contributed by atoms with Gasteiger partial charge in [-0.1, -0.05) is 12.5 Å². The van der Waals surface area contributed by atoms with E-state index in [2.05, 4.69) is 12.1 Å². The number of hydrogen-bond donors (Lipinski definition) is 1. The summed E-state index contributed by atoms with van der Waals surface area (Å²) in [5.41, 5.74) is 8.29. The van der Waals surface area contributed by atoms with Gasteiger partial charge < -0.3 is 15.2 Å². The number of allylic oxidation sites excluding steroid dienone is 2. The van der Waals surface area contributed by atoms with E-state index >= 15 is 0 Å². The molecule has 1 aromatic rings. The predicted molar refractivity (Wildman–Crippen MR) is 83.1 cm³/mol. The third-order valence-corrected chi connectivity index (χ3v) is 5.38. The number of carbonyl (C=O) groups is 1. The summed E-state index contributed by atoms with van der Waals surface area (Å²) in [5, 5.41) is 0. The fourth-order valence-electron chi connectivity index (χ4n) is 4.34. The second kappa shape index (κ2) is 5.13. The Kier molecular flexibility index (Phi) is 3.22. The molecule has 2 atom stereocenters. The highest BCUT2D eigenvalue weighted by Gasteiger charge is 2.46. The Hall–Kier alpha value is -1.81. The number of carbonyl (C=O) groups excluding carboxylic acids is 1. The molecule has 0 aromatic heterocycles. The molecule has 4 rings (SSSR count). The fraction of sp³-hybridized carbons (Fsp3) is 0.500. The van der Waals surface area contributed by atoms with Crippen molar-refractivity contribution in [3.8, 4) is 11.5 Å². The molecule has 1 heterocycles. The standard InChI is InChI=1S/C18H21NO3/c19-11-12-8-16-17(22-7-6-21-16)10-15(12)18-4-1-2-13(18)9-14(20)3-5-18/h3,5,8,10,13H,1-2,4,6-7,9,11,19H2/t13-,18-/m0/s1. The highest BCUT2D eigenvalue weighted by atomic mass is 16.6. The van der Waals surface area contributed by atoms with Gasteiger partial charge in [0.15, 0.2) is 17.3 Å². The first-order chi connectivity index (χ1) is 10.7. The Morgan fingerprint density at radius 1 is 1.23 bits per heavy atom. The zero-order valence-corrected chi connectivity index (χ0v) is 12.6. The number of nitrogens with two attached hydrogens (primary N) is 1. The van der Waals surface area contributed by atoms with Crippen LogP contribution in [0.1, 0.15) is 36.8 Å². The van der Waals surface area contributed by atoms with Crippen molar-refractivity contribution in [2.24, 2.45) is 11.7 Å². The highest BCUT2D eigenvalue weighted by molar-refractivity contribution is 5.91. The lowest BCUT2D eigenvalue weighted by Gasteiger charge is -2.37. The van der Waals surface area contributed by atoms with E-state index in [1.54, 1.807) is 6.08 Å². The molecule has 1 fully saturated rings. The first-order valence-corrected chi connectivity index (χ1v) is 8.08. The quantitative estimate of drug-likeness (QED) is 0.911. The Morgan fingerprint density at radius 3 is 2.77 bits per heavy atom. The molecule has 22 heavy (non-hydrogen) atoms.